The Bertz CT molecular complexity index is 1510. The number of aromatic nitrogens is 2. The molecule has 3 N–H and O–H groups in total. The van der Waals surface area contributed by atoms with Gasteiger partial charge in [-0.25, -0.2) is 4.79 Å². The van der Waals surface area contributed by atoms with E-state index in [9.17, 15) is 39.0 Å². The van der Waals surface area contributed by atoms with E-state index < -0.39 is 53.1 Å². The molecule has 2 fully saturated rings. The zero-order chi connectivity index (χ0) is 30.8. The van der Waals surface area contributed by atoms with Gasteiger partial charge in [0.15, 0.2) is 4.34 Å². The minimum Gasteiger partial charge on any atom is -0.543 e. The van der Waals surface area contributed by atoms with Gasteiger partial charge in [-0.15, -0.1) is 22.0 Å². The van der Waals surface area contributed by atoms with E-state index in [-0.39, 0.29) is 71.2 Å². The number of urea groups is 1. The number of β-lactam (4-membered cyclic amide) rings is 1. The van der Waals surface area contributed by atoms with E-state index in [0.29, 0.717) is 21.4 Å². The van der Waals surface area contributed by atoms with Crippen molar-refractivity contribution in [3.63, 3.8) is 0 Å². The van der Waals surface area contributed by atoms with E-state index in [1.54, 1.807) is 12.4 Å². The van der Waals surface area contributed by atoms with Gasteiger partial charge in [0.1, 0.15) is 28.7 Å². The van der Waals surface area contributed by atoms with Crippen LogP contribution >= 0.6 is 34.9 Å². The van der Waals surface area contributed by atoms with Gasteiger partial charge in [-0.2, -0.15) is 0 Å². The average Bonchev–Trinajstić information content (AvgIpc) is 3.52. The topological polar surface area (TPSA) is 205 Å². The molecule has 1 aromatic carbocycles. The quantitative estimate of drug-likeness (QED) is 0.101. The van der Waals surface area contributed by atoms with Crippen molar-refractivity contribution in [3.8, 4) is 5.75 Å². The molecule has 0 saturated carbocycles. The van der Waals surface area contributed by atoms with E-state index >= 15 is 0 Å². The van der Waals surface area contributed by atoms with Crippen LogP contribution in [0.2, 0.25) is 0 Å². The van der Waals surface area contributed by atoms with E-state index in [1.165, 1.54) is 64.0 Å². The van der Waals surface area contributed by atoms with Gasteiger partial charge in [-0.05, 0) is 30.2 Å². The van der Waals surface area contributed by atoms with E-state index in [4.69, 9.17) is 0 Å². The fourth-order valence-electron chi connectivity index (χ4n) is 4.73. The first kappa shape index (κ1) is 33.7. The first-order valence-corrected chi connectivity index (χ1v) is 15.8. The van der Waals surface area contributed by atoms with E-state index in [0.717, 1.165) is 4.90 Å². The molecule has 3 aliphatic heterocycles. The summed E-state index contributed by atoms with van der Waals surface area (Å²) >= 11 is 3.84. The molecule has 226 valence electrons. The number of carboxylic acids is 1. The zero-order valence-electron chi connectivity index (χ0n) is 23.4. The van der Waals surface area contributed by atoms with Crippen LogP contribution in [0.1, 0.15) is 18.5 Å². The molecule has 3 atom stereocenters. The van der Waals surface area contributed by atoms with Gasteiger partial charge in [0.2, 0.25) is 5.91 Å². The Balaban J connectivity index is 0.00000442. The summed E-state index contributed by atoms with van der Waals surface area (Å²) < 4.78 is 0.637. The minimum atomic E-state index is -1.52. The number of hydrogen-bond acceptors (Lipinski definition) is 13. The largest absolute Gasteiger partial charge is 1.00 e. The summed E-state index contributed by atoms with van der Waals surface area (Å²) in [6.07, 6.45) is 0. The Hall–Kier alpha value is -3.16. The summed E-state index contributed by atoms with van der Waals surface area (Å²) in [6, 6.07) is 1.82. The molecule has 19 heteroatoms. The van der Waals surface area contributed by atoms with Crippen LogP contribution in [-0.2, 0) is 24.0 Å². The smallest absolute Gasteiger partial charge is 0.543 e. The SMILES string of the molecule is CCN1CCN(C(=O)NC(C(=O)NC2C(=O)N3C(C(=O)[O-])=C(CSc4nncs4)CS[C@@H]23)c2ccc(O)cc2)C(=O)C1=O.[Na+]. The molecule has 6 amide bonds. The number of rotatable bonds is 9. The number of carbonyl (C=O) groups excluding carboxylic acids is 6. The van der Waals surface area contributed by atoms with Crippen LogP contribution in [0, 0.1) is 0 Å². The maximum Gasteiger partial charge on any atom is 1.00 e. The van der Waals surface area contributed by atoms with Crippen LogP contribution < -0.4 is 45.3 Å². The molecule has 2 unspecified atom stereocenters. The maximum atomic E-state index is 13.5. The fraction of sp³-hybridized carbons (Fsp3) is 0.360. The Morgan fingerprint density at radius 3 is 2.52 bits per heavy atom. The molecule has 0 aliphatic carbocycles. The van der Waals surface area contributed by atoms with Gasteiger partial charge in [0.25, 0.3) is 5.91 Å². The number of imide groups is 1. The zero-order valence-corrected chi connectivity index (χ0v) is 27.9. The molecule has 0 radical (unpaired) electrons. The number of aliphatic carboxylic acids is 1. The number of nitrogens with zero attached hydrogens (tertiary/aromatic N) is 5. The van der Waals surface area contributed by atoms with E-state index in [1.807, 2.05) is 0 Å². The Morgan fingerprint density at radius 1 is 1.16 bits per heavy atom. The molecule has 44 heavy (non-hydrogen) atoms. The van der Waals surface area contributed by atoms with Crippen molar-refractivity contribution in [1.29, 1.82) is 0 Å². The third-order valence-electron chi connectivity index (χ3n) is 6.94. The van der Waals surface area contributed by atoms with Crippen molar-refractivity contribution in [1.82, 2.24) is 35.5 Å². The third-order valence-corrected chi connectivity index (χ3v) is 10.2. The minimum absolute atomic E-state index is 0. The number of carbonyl (C=O) groups is 6. The molecule has 15 nitrogen and oxygen atoms in total. The van der Waals surface area contributed by atoms with Gasteiger partial charge in [0.05, 0.1) is 11.7 Å². The number of aromatic hydroxyl groups is 1. The maximum absolute atomic E-state index is 13.5. The predicted octanol–water partition coefficient (Wildman–Crippen LogP) is -4.11. The first-order chi connectivity index (χ1) is 20.6. The number of likely N-dealkylation sites (N-methyl/N-ethyl adjacent to an activating group) is 1. The number of carboxylic acid groups (broad SMARTS) is 1. The van der Waals surface area contributed by atoms with E-state index in [2.05, 4.69) is 20.8 Å². The summed E-state index contributed by atoms with van der Waals surface area (Å²) in [5.74, 6) is -4.49. The second kappa shape index (κ2) is 14.3. The molecule has 2 saturated heterocycles. The first-order valence-electron chi connectivity index (χ1n) is 12.9. The average molecular weight is 670 g/mol. The molecular formula is C25H24N7NaO8S3. The number of benzene rings is 1. The summed E-state index contributed by atoms with van der Waals surface area (Å²) in [6.45, 7) is 2.04. The van der Waals surface area contributed by atoms with Crippen molar-refractivity contribution in [2.45, 2.75) is 28.7 Å². The number of phenolic OH excluding ortho intramolecular Hbond substituents is 1. The second-order valence-corrected chi connectivity index (χ2v) is 12.6. The Morgan fingerprint density at radius 2 is 1.89 bits per heavy atom. The number of hydrogen-bond donors (Lipinski definition) is 3. The van der Waals surface area contributed by atoms with Gasteiger partial charge in [-0.1, -0.05) is 35.2 Å². The normalized spacial score (nSPS) is 20.4. The number of nitrogens with one attached hydrogen (secondary N) is 2. The van der Waals surface area contributed by atoms with Crippen LogP contribution in [0.15, 0.2) is 45.4 Å². The second-order valence-electron chi connectivity index (χ2n) is 9.44. The van der Waals surface area contributed by atoms with Gasteiger partial charge < -0.3 is 30.5 Å². The fourth-order valence-corrected chi connectivity index (χ4v) is 7.71. The molecule has 4 heterocycles. The monoisotopic (exact) mass is 669 g/mol. The molecule has 1 aromatic heterocycles. The van der Waals surface area contributed by atoms with Crippen LogP contribution in [0.3, 0.4) is 0 Å². The molecular weight excluding hydrogens is 646 g/mol. The van der Waals surface area contributed by atoms with Crippen molar-refractivity contribution in [3.05, 3.63) is 46.6 Å². The number of piperazine rings is 1. The third kappa shape index (κ3) is 6.74. The van der Waals surface area contributed by atoms with Crippen molar-refractivity contribution in [2.24, 2.45) is 0 Å². The molecule has 2 aromatic rings. The number of amides is 6. The Labute approximate surface area is 285 Å². The summed E-state index contributed by atoms with van der Waals surface area (Å²) in [7, 11) is 0. The summed E-state index contributed by atoms with van der Waals surface area (Å²) in [4.78, 5) is 79.8. The Kier molecular flexibility index (Phi) is 11.0. The molecule has 0 spiro atoms. The standard InChI is InChI=1S/C25H25N7O8S3.Na/c1-2-30-7-8-31(21(37)20(30)36)24(40)28-15(12-3-5-14(33)6-4-12)18(34)27-16-19(35)32-17(23(38)39)13(9-41-22(16)32)10-42-25-29-26-11-43-25;/h3-6,11,15-16,22,33H,2,7-10H2,1H3,(H,27,34)(H,28,40)(H,38,39);/q;+1/p-1/t15?,16?,22-;/m0./s1. The van der Waals surface area contributed by atoms with Crippen LogP contribution in [0.5, 0.6) is 5.75 Å². The molecule has 3 aliphatic rings. The molecule has 0 bridgehead atoms. The van der Waals surface area contributed by atoms with Gasteiger partial charge in [0, 0.05) is 31.1 Å². The van der Waals surface area contributed by atoms with Crippen molar-refractivity contribution < 1.29 is 68.5 Å². The van der Waals surface area contributed by atoms with Crippen molar-refractivity contribution in [2.75, 3.05) is 31.1 Å². The van der Waals surface area contributed by atoms with Gasteiger partial charge in [-0.3, -0.25) is 29.0 Å². The van der Waals surface area contributed by atoms with Crippen LogP contribution in [-0.4, -0.2) is 108 Å². The number of fused-ring (bicyclic) bond motifs is 1. The summed E-state index contributed by atoms with van der Waals surface area (Å²) in [5.41, 5.74) is 1.98. The number of phenols is 1. The number of thioether (sulfide) groups is 2. The van der Waals surface area contributed by atoms with Crippen LogP contribution in [0.4, 0.5) is 4.79 Å². The van der Waals surface area contributed by atoms with Crippen molar-refractivity contribution >= 4 is 70.5 Å². The predicted molar refractivity (Wildman–Crippen MR) is 151 cm³/mol. The summed E-state index contributed by atoms with van der Waals surface area (Å²) in [5, 5.41) is 33.7. The van der Waals surface area contributed by atoms with Crippen LogP contribution in [0.25, 0.3) is 0 Å². The molecule has 5 rings (SSSR count). The van der Waals surface area contributed by atoms with Gasteiger partial charge >= 0.3 is 47.4 Å².